The van der Waals surface area contributed by atoms with E-state index in [1.165, 1.54) is 6.92 Å². The minimum Gasteiger partial charge on any atom is -0.366 e. The minimum atomic E-state index is -1.56. The SMILES string of the molecule is CC(=CF)C(N)=O.NC(=O)C(F)=CF. The van der Waals surface area contributed by atoms with Crippen LogP contribution in [0.1, 0.15) is 6.92 Å². The first-order chi connectivity index (χ1) is 6.36. The Kier molecular flexibility index (Phi) is 8.24. The second kappa shape index (κ2) is 7.84. The van der Waals surface area contributed by atoms with Crippen LogP contribution in [-0.4, -0.2) is 11.8 Å². The standard InChI is InChI=1S/C4H6FNO.C3H3F2NO/c1-3(2-5)4(6)7;4-1-2(5)3(6)7/h2H,1H3,(H2,6,7);1H,(H2,6,7). The molecule has 0 saturated carbocycles. The van der Waals surface area contributed by atoms with Crippen LogP contribution >= 0.6 is 0 Å². The second-order valence-electron chi connectivity index (χ2n) is 1.98. The molecule has 0 saturated heterocycles. The van der Waals surface area contributed by atoms with Gasteiger partial charge in [0, 0.05) is 5.57 Å². The molecule has 0 aromatic carbocycles. The molecule has 0 aromatic heterocycles. The van der Waals surface area contributed by atoms with Crippen molar-refractivity contribution in [1.29, 1.82) is 0 Å². The highest BCUT2D eigenvalue weighted by Gasteiger charge is 1.98. The second-order valence-corrected chi connectivity index (χ2v) is 1.98. The summed E-state index contributed by atoms with van der Waals surface area (Å²) < 4.78 is 33.2. The molecule has 4 N–H and O–H groups in total. The van der Waals surface area contributed by atoms with Gasteiger partial charge in [0.05, 0.1) is 6.33 Å². The molecule has 0 atom stereocenters. The van der Waals surface area contributed by atoms with Crippen LogP contribution in [0.25, 0.3) is 0 Å². The third kappa shape index (κ3) is 8.31. The van der Waals surface area contributed by atoms with Crippen molar-refractivity contribution in [3.8, 4) is 0 Å². The average molecular weight is 210 g/mol. The lowest BCUT2D eigenvalue weighted by Gasteiger charge is -1.83. The van der Waals surface area contributed by atoms with E-state index in [0.717, 1.165) is 0 Å². The van der Waals surface area contributed by atoms with Crippen molar-refractivity contribution in [2.75, 3.05) is 0 Å². The molecule has 0 rings (SSSR count). The van der Waals surface area contributed by atoms with Gasteiger partial charge in [-0.1, -0.05) is 0 Å². The summed E-state index contributed by atoms with van der Waals surface area (Å²) in [7, 11) is 0. The van der Waals surface area contributed by atoms with Gasteiger partial charge in [-0.2, -0.15) is 4.39 Å². The summed E-state index contributed by atoms with van der Waals surface area (Å²) in [6.45, 7) is 1.31. The van der Waals surface area contributed by atoms with E-state index >= 15 is 0 Å². The molecule has 0 spiro atoms. The zero-order chi connectivity index (χ0) is 11.7. The highest BCUT2D eigenvalue weighted by atomic mass is 19.2. The Morgan fingerprint density at radius 2 is 1.50 bits per heavy atom. The topological polar surface area (TPSA) is 86.2 Å². The third-order valence-electron chi connectivity index (χ3n) is 0.884. The van der Waals surface area contributed by atoms with Crippen molar-refractivity contribution in [3.63, 3.8) is 0 Å². The highest BCUT2D eigenvalue weighted by molar-refractivity contribution is 5.90. The molecule has 0 fully saturated rings. The molecule has 7 heteroatoms. The van der Waals surface area contributed by atoms with Crippen LogP contribution in [0.2, 0.25) is 0 Å². The Morgan fingerprint density at radius 1 is 1.07 bits per heavy atom. The van der Waals surface area contributed by atoms with E-state index < -0.39 is 24.0 Å². The van der Waals surface area contributed by atoms with Gasteiger partial charge in [0.25, 0.3) is 5.91 Å². The smallest absolute Gasteiger partial charge is 0.279 e. The number of nitrogens with two attached hydrogens (primary N) is 2. The molecule has 0 aliphatic rings. The van der Waals surface area contributed by atoms with Gasteiger partial charge in [0.1, 0.15) is 6.33 Å². The monoisotopic (exact) mass is 210 g/mol. The molecular weight excluding hydrogens is 201 g/mol. The van der Waals surface area contributed by atoms with Crippen molar-refractivity contribution in [1.82, 2.24) is 0 Å². The fourth-order valence-electron chi connectivity index (χ4n) is 0.108. The zero-order valence-corrected chi connectivity index (χ0v) is 7.26. The number of carbonyl (C=O) groups is 2. The van der Waals surface area contributed by atoms with Crippen LogP contribution in [0, 0.1) is 0 Å². The fraction of sp³-hybridized carbons (Fsp3) is 0.143. The first-order valence-electron chi connectivity index (χ1n) is 3.19. The lowest BCUT2D eigenvalue weighted by Crippen LogP contribution is -2.10. The molecule has 14 heavy (non-hydrogen) atoms. The number of hydrogen-bond acceptors (Lipinski definition) is 2. The predicted octanol–water partition coefficient (Wildman–Crippen LogP) is 0.597. The highest BCUT2D eigenvalue weighted by Crippen LogP contribution is 1.91. The van der Waals surface area contributed by atoms with Gasteiger partial charge in [-0.05, 0) is 6.92 Å². The number of primary amides is 2. The Bertz CT molecular complexity index is 246. The van der Waals surface area contributed by atoms with Crippen LogP contribution in [0.5, 0.6) is 0 Å². The number of hydrogen-bond donors (Lipinski definition) is 2. The van der Waals surface area contributed by atoms with Crippen molar-refractivity contribution in [2.24, 2.45) is 11.5 Å². The Labute approximate surface area is 78.1 Å². The first-order valence-corrected chi connectivity index (χ1v) is 3.19. The minimum absolute atomic E-state index is 0.0556. The average Bonchev–Trinajstić information content (AvgIpc) is 2.15. The largest absolute Gasteiger partial charge is 0.366 e. The third-order valence-corrected chi connectivity index (χ3v) is 0.884. The predicted molar refractivity (Wildman–Crippen MR) is 43.6 cm³/mol. The Morgan fingerprint density at radius 3 is 1.50 bits per heavy atom. The summed E-state index contributed by atoms with van der Waals surface area (Å²) in [5, 5.41) is 0. The quantitative estimate of drug-likeness (QED) is 0.653. The van der Waals surface area contributed by atoms with E-state index in [9.17, 15) is 22.8 Å². The number of amides is 2. The van der Waals surface area contributed by atoms with Crippen molar-refractivity contribution < 1.29 is 22.8 Å². The first kappa shape index (κ1) is 14.7. The zero-order valence-electron chi connectivity index (χ0n) is 7.26. The van der Waals surface area contributed by atoms with E-state index in [2.05, 4.69) is 11.5 Å². The van der Waals surface area contributed by atoms with Crippen molar-refractivity contribution in [3.05, 3.63) is 24.1 Å². The lowest BCUT2D eigenvalue weighted by molar-refractivity contribution is -0.116. The summed E-state index contributed by atoms with van der Waals surface area (Å²) in [4.78, 5) is 19.3. The lowest BCUT2D eigenvalue weighted by atomic mass is 10.3. The van der Waals surface area contributed by atoms with Gasteiger partial charge in [0.2, 0.25) is 11.7 Å². The van der Waals surface area contributed by atoms with Gasteiger partial charge >= 0.3 is 0 Å². The van der Waals surface area contributed by atoms with Crippen LogP contribution in [0.3, 0.4) is 0 Å². The molecule has 0 radical (unpaired) electrons. The van der Waals surface area contributed by atoms with Gasteiger partial charge in [-0.25, -0.2) is 8.78 Å². The molecule has 0 bridgehead atoms. The molecular formula is C7H9F3N2O2. The maximum atomic E-state index is 11.3. The normalized spacial score (nSPS) is 11.4. The Balaban J connectivity index is 0. The van der Waals surface area contributed by atoms with Gasteiger partial charge < -0.3 is 11.5 Å². The number of halogens is 3. The van der Waals surface area contributed by atoms with Crippen molar-refractivity contribution in [2.45, 2.75) is 6.92 Å². The summed E-state index contributed by atoms with van der Waals surface area (Å²) in [6, 6.07) is 0. The van der Waals surface area contributed by atoms with E-state index in [1.807, 2.05) is 0 Å². The molecule has 0 unspecified atom stereocenters. The van der Waals surface area contributed by atoms with Gasteiger partial charge in [-0.15, -0.1) is 0 Å². The molecule has 2 amide bonds. The molecule has 0 aliphatic heterocycles. The van der Waals surface area contributed by atoms with Gasteiger partial charge in [0.15, 0.2) is 0 Å². The van der Waals surface area contributed by atoms with Gasteiger partial charge in [-0.3, -0.25) is 9.59 Å². The summed E-state index contributed by atoms with van der Waals surface area (Å²) in [5.41, 5.74) is 8.77. The van der Waals surface area contributed by atoms with Crippen LogP contribution in [0.4, 0.5) is 13.2 Å². The maximum Gasteiger partial charge on any atom is 0.279 e. The fourth-order valence-corrected chi connectivity index (χ4v) is 0.108. The van der Waals surface area contributed by atoms with E-state index in [-0.39, 0.29) is 11.9 Å². The van der Waals surface area contributed by atoms with E-state index in [0.29, 0.717) is 0 Å². The molecule has 0 aromatic rings. The maximum absolute atomic E-state index is 11.3. The molecule has 0 heterocycles. The summed E-state index contributed by atoms with van der Waals surface area (Å²) in [5.74, 6) is -3.66. The molecule has 80 valence electrons. The molecule has 4 nitrogen and oxygen atoms in total. The molecule has 0 aliphatic carbocycles. The van der Waals surface area contributed by atoms with Crippen LogP contribution < -0.4 is 11.5 Å². The summed E-state index contributed by atoms with van der Waals surface area (Å²) >= 11 is 0. The van der Waals surface area contributed by atoms with Crippen LogP contribution in [-0.2, 0) is 9.59 Å². The Hall–Kier alpha value is -1.79. The summed E-state index contributed by atoms with van der Waals surface area (Å²) in [6.07, 6.45) is -0.301. The van der Waals surface area contributed by atoms with E-state index in [4.69, 9.17) is 0 Å². The number of carbonyl (C=O) groups excluding carboxylic acids is 2. The van der Waals surface area contributed by atoms with E-state index in [1.54, 1.807) is 0 Å². The van der Waals surface area contributed by atoms with Crippen molar-refractivity contribution >= 4 is 11.8 Å². The van der Waals surface area contributed by atoms with Crippen LogP contribution in [0.15, 0.2) is 24.1 Å². The number of rotatable bonds is 2.